The first kappa shape index (κ1) is 19.5. The number of carbonyl (C=O) groups is 1. The van der Waals surface area contributed by atoms with Crippen LogP contribution in [0.4, 0.5) is 30.7 Å². The Morgan fingerprint density at radius 3 is 1.69 bits per heavy atom. The van der Waals surface area contributed by atoms with Crippen LogP contribution in [0.15, 0.2) is 54.4 Å². The first-order chi connectivity index (χ1) is 11.9. The predicted octanol–water partition coefficient (Wildman–Crippen LogP) is 5.56. The summed E-state index contributed by atoms with van der Waals surface area (Å²) in [6, 6.07) is 7.62. The van der Waals surface area contributed by atoms with Crippen LogP contribution in [0.25, 0.3) is 5.57 Å². The van der Waals surface area contributed by atoms with Crippen LogP contribution >= 0.6 is 0 Å². The van der Waals surface area contributed by atoms with Gasteiger partial charge in [0.1, 0.15) is 5.82 Å². The summed E-state index contributed by atoms with van der Waals surface area (Å²) in [5.41, 5.74) is -1.61. The zero-order valence-corrected chi connectivity index (χ0v) is 12.6. The molecule has 9 heteroatoms. The van der Waals surface area contributed by atoms with Crippen molar-refractivity contribution in [2.75, 3.05) is 0 Å². The molecule has 0 radical (unpaired) electrons. The summed E-state index contributed by atoms with van der Waals surface area (Å²) in [5.74, 6) is -6.63. The van der Waals surface area contributed by atoms with E-state index in [1.807, 2.05) is 0 Å². The van der Waals surface area contributed by atoms with Crippen molar-refractivity contribution in [3.05, 3.63) is 76.9 Å². The molecule has 0 aromatic heterocycles. The zero-order valence-electron chi connectivity index (χ0n) is 12.6. The summed E-state index contributed by atoms with van der Waals surface area (Å²) < 4.78 is 85.5. The molecule has 2 aromatic carbocycles. The van der Waals surface area contributed by atoms with E-state index in [0.29, 0.717) is 0 Å². The lowest BCUT2D eigenvalue weighted by molar-refractivity contribution is -0.137. The predicted molar refractivity (Wildman–Crippen MR) is 77.8 cm³/mol. The fourth-order valence-electron chi connectivity index (χ4n) is 1.94. The van der Waals surface area contributed by atoms with Crippen molar-refractivity contribution in [3.63, 3.8) is 0 Å². The number of carboxylic acids is 1. The second-order valence-electron chi connectivity index (χ2n) is 5.15. The fraction of sp³-hybridized carbons (Fsp3) is 0.118. The lowest BCUT2D eigenvalue weighted by Crippen LogP contribution is -2.05. The molecule has 0 spiro atoms. The molecule has 0 aliphatic heterocycles. The maximum atomic E-state index is 12.4. The minimum atomic E-state index is -4.42. The Morgan fingerprint density at radius 1 is 0.885 bits per heavy atom. The van der Waals surface area contributed by atoms with Crippen molar-refractivity contribution in [1.29, 1.82) is 0 Å². The summed E-state index contributed by atoms with van der Waals surface area (Å²) in [5, 5.41) is 8.40. The third kappa shape index (κ3) is 4.22. The van der Waals surface area contributed by atoms with Gasteiger partial charge >= 0.3 is 18.1 Å². The van der Waals surface area contributed by atoms with Gasteiger partial charge in [-0.05, 0) is 42.0 Å². The van der Waals surface area contributed by atoms with Gasteiger partial charge < -0.3 is 5.11 Å². The normalized spacial score (nSPS) is 15.2. The first-order valence-corrected chi connectivity index (χ1v) is 6.89. The molecule has 0 saturated heterocycles. The van der Waals surface area contributed by atoms with Gasteiger partial charge in [-0.1, -0.05) is 12.1 Å². The van der Waals surface area contributed by atoms with Crippen molar-refractivity contribution in [2.45, 2.75) is 12.1 Å². The average molecular weight is 378 g/mol. The molecule has 138 valence electrons. The zero-order chi connectivity index (χ0) is 19.7. The minimum absolute atomic E-state index is 0.0314. The van der Waals surface area contributed by atoms with Crippen molar-refractivity contribution in [2.24, 2.45) is 0 Å². The van der Waals surface area contributed by atoms with Crippen molar-refractivity contribution >= 4 is 11.5 Å². The average Bonchev–Trinajstić information content (AvgIpc) is 3.06. The molecule has 0 heterocycles. The van der Waals surface area contributed by atoms with Crippen LogP contribution in [0.3, 0.4) is 0 Å². The Hall–Kier alpha value is -2.84. The molecule has 0 bridgehead atoms. The molecule has 0 unspecified atom stereocenters. The standard InChI is InChI=1S/C9H4F4.C8H5F3O2/c10-6-3-1-5(2-4-6)7-8(11)9(7,12)13;9-8(10,11)6-3-1-5(2-4-6)7(12)13/h1-4H;1-4H,(H,12,13). The van der Waals surface area contributed by atoms with Crippen LogP contribution in [0.5, 0.6) is 0 Å². The fourth-order valence-corrected chi connectivity index (χ4v) is 1.94. The summed E-state index contributed by atoms with van der Waals surface area (Å²) in [6.45, 7) is 0. The Labute approximate surface area is 142 Å². The van der Waals surface area contributed by atoms with Crippen molar-refractivity contribution in [3.8, 4) is 0 Å². The SMILES string of the molecule is FC1=C(c2ccc(F)cc2)C1(F)F.O=C(O)c1ccc(C(F)(F)F)cc1. The molecule has 2 aromatic rings. The monoisotopic (exact) mass is 378 g/mol. The largest absolute Gasteiger partial charge is 0.478 e. The molecule has 0 fully saturated rings. The van der Waals surface area contributed by atoms with E-state index in [4.69, 9.17) is 5.11 Å². The lowest BCUT2D eigenvalue weighted by atomic mass is 10.1. The van der Waals surface area contributed by atoms with Gasteiger partial charge in [-0.25, -0.2) is 13.6 Å². The second kappa shape index (κ2) is 6.81. The van der Waals surface area contributed by atoms with Crippen LogP contribution in [0, 0.1) is 5.82 Å². The van der Waals surface area contributed by atoms with Crippen molar-refractivity contribution in [1.82, 2.24) is 0 Å². The van der Waals surface area contributed by atoms with Crippen LogP contribution in [-0.4, -0.2) is 17.0 Å². The highest BCUT2D eigenvalue weighted by Crippen LogP contribution is 2.55. The first-order valence-electron chi connectivity index (χ1n) is 6.89. The topological polar surface area (TPSA) is 37.3 Å². The van der Waals surface area contributed by atoms with Gasteiger partial charge in [-0.2, -0.15) is 22.0 Å². The number of carboxylic acid groups (broad SMARTS) is 1. The molecule has 26 heavy (non-hydrogen) atoms. The van der Waals surface area contributed by atoms with E-state index in [0.717, 1.165) is 48.5 Å². The van der Waals surface area contributed by atoms with E-state index in [-0.39, 0.29) is 11.1 Å². The van der Waals surface area contributed by atoms with E-state index < -0.39 is 40.8 Å². The number of allylic oxidation sites excluding steroid dienone is 2. The van der Waals surface area contributed by atoms with E-state index in [1.54, 1.807) is 0 Å². The molecule has 0 saturated carbocycles. The number of rotatable bonds is 2. The minimum Gasteiger partial charge on any atom is -0.478 e. The summed E-state index contributed by atoms with van der Waals surface area (Å²) in [6.07, 6.45) is -4.42. The molecule has 1 aliphatic rings. The molecular weight excluding hydrogens is 369 g/mol. The summed E-state index contributed by atoms with van der Waals surface area (Å²) in [7, 11) is 0. The van der Waals surface area contributed by atoms with E-state index >= 15 is 0 Å². The maximum Gasteiger partial charge on any atom is 0.416 e. The van der Waals surface area contributed by atoms with Gasteiger partial charge in [0.2, 0.25) is 0 Å². The van der Waals surface area contributed by atoms with E-state index in [1.165, 1.54) is 0 Å². The Bertz CT molecular complexity index is 835. The number of benzene rings is 2. The molecule has 0 amide bonds. The Morgan fingerprint density at radius 2 is 1.35 bits per heavy atom. The number of hydrogen-bond acceptors (Lipinski definition) is 1. The number of halogens is 7. The third-order valence-corrected chi connectivity index (χ3v) is 3.34. The lowest BCUT2D eigenvalue weighted by Gasteiger charge is -2.05. The molecule has 1 aliphatic carbocycles. The maximum absolute atomic E-state index is 12.4. The van der Waals surface area contributed by atoms with Crippen molar-refractivity contribution < 1.29 is 40.6 Å². The highest BCUT2D eigenvalue weighted by atomic mass is 19.4. The molecular formula is C17H9F7O2. The van der Waals surface area contributed by atoms with Gasteiger partial charge in [0.25, 0.3) is 0 Å². The van der Waals surface area contributed by atoms with Gasteiger partial charge in [0, 0.05) is 0 Å². The van der Waals surface area contributed by atoms with Crippen LogP contribution < -0.4 is 0 Å². The summed E-state index contributed by atoms with van der Waals surface area (Å²) in [4.78, 5) is 10.3. The summed E-state index contributed by atoms with van der Waals surface area (Å²) >= 11 is 0. The number of alkyl halides is 5. The third-order valence-electron chi connectivity index (χ3n) is 3.34. The van der Waals surface area contributed by atoms with Gasteiger partial charge in [-0.15, -0.1) is 0 Å². The highest BCUT2D eigenvalue weighted by Gasteiger charge is 2.58. The quantitative estimate of drug-likeness (QED) is 0.695. The van der Waals surface area contributed by atoms with Gasteiger partial charge in [0.15, 0.2) is 5.83 Å². The number of aromatic carboxylic acids is 1. The smallest absolute Gasteiger partial charge is 0.416 e. The van der Waals surface area contributed by atoms with Gasteiger partial charge in [0.05, 0.1) is 16.7 Å². The van der Waals surface area contributed by atoms with Crippen LogP contribution in [0.1, 0.15) is 21.5 Å². The van der Waals surface area contributed by atoms with Crippen LogP contribution in [0.2, 0.25) is 0 Å². The molecule has 1 N–H and O–H groups in total. The number of hydrogen-bond donors (Lipinski definition) is 1. The van der Waals surface area contributed by atoms with Crippen LogP contribution in [-0.2, 0) is 6.18 Å². The van der Waals surface area contributed by atoms with E-state index in [9.17, 15) is 35.5 Å². The second-order valence-corrected chi connectivity index (χ2v) is 5.15. The molecule has 0 atom stereocenters. The van der Waals surface area contributed by atoms with E-state index in [2.05, 4.69) is 0 Å². The molecule has 3 rings (SSSR count). The molecule has 2 nitrogen and oxygen atoms in total. The Kier molecular flexibility index (Phi) is 5.11. The highest BCUT2D eigenvalue weighted by molar-refractivity contribution is 5.89. The Balaban J connectivity index is 0.000000187. The van der Waals surface area contributed by atoms with Gasteiger partial charge in [-0.3, -0.25) is 0 Å².